The van der Waals surface area contributed by atoms with Gasteiger partial charge in [0, 0.05) is 18.4 Å². The largest absolute Gasteiger partial charge is 0.351 e. The predicted molar refractivity (Wildman–Crippen MR) is 86.2 cm³/mol. The predicted octanol–water partition coefficient (Wildman–Crippen LogP) is 4.27. The number of carbonyl (C=O) groups is 2. The summed E-state index contributed by atoms with van der Waals surface area (Å²) in [6.45, 7) is 5.57. The molecule has 0 heterocycles. The fourth-order valence-electron chi connectivity index (χ4n) is 2.25. The highest BCUT2D eigenvalue weighted by atomic mass is 35.5. The molecule has 0 bridgehead atoms. The zero-order chi connectivity index (χ0) is 16.8. The fraction of sp³-hybridized carbons (Fsp3) is 0.529. The van der Waals surface area contributed by atoms with E-state index >= 15 is 0 Å². The molecule has 1 unspecified atom stereocenters. The monoisotopic (exact) mass is 327 g/mol. The van der Waals surface area contributed by atoms with Gasteiger partial charge in [-0.3, -0.25) is 4.79 Å². The lowest BCUT2D eigenvalue weighted by Crippen LogP contribution is -2.38. The van der Waals surface area contributed by atoms with Gasteiger partial charge in [0.2, 0.25) is 5.91 Å². The van der Waals surface area contributed by atoms with Gasteiger partial charge in [-0.25, -0.2) is 4.39 Å². The third kappa shape index (κ3) is 5.09. The number of Topliss-reactive ketones (excluding diaryl/α,β-unsaturated/α-hetero) is 1. The van der Waals surface area contributed by atoms with Gasteiger partial charge in [-0.05, 0) is 37.8 Å². The average molecular weight is 328 g/mol. The molecule has 0 aliphatic rings. The van der Waals surface area contributed by atoms with E-state index in [0.29, 0.717) is 31.2 Å². The second kappa shape index (κ2) is 8.28. The minimum absolute atomic E-state index is 0.0394. The Labute approximate surface area is 136 Å². The van der Waals surface area contributed by atoms with Gasteiger partial charge in [-0.1, -0.05) is 37.6 Å². The van der Waals surface area contributed by atoms with E-state index < -0.39 is 11.2 Å². The molecule has 22 heavy (non-hydrogen) atoms. The number of nitrogens with one attached hydrogen (secondary N) is 1. The molecule has 0 aromatic heterocycles. The van der Waals surface area contributed by atoms with Crippen molar-refractivity contribution in [3.05, 3.63) is 34.6 Å². The first-order valence-corrected chi connectivity index (χ1v) is 7.88. The number of hydrogen-bond acceptors (Lipinski definition) is 2. The van der Waals surface area contributed by atoms with Gasteiger partial charge in [0.25, 0.3) is 0 Å². The Morgan fingerprint density at radius 2 is 2.05 bits per heavy atom. The summed E-state index contributed by atoms with van der Waals surface area (Å²) >= 11 is 5.88. The molecule has 0 aliphatic heterocycles. The number of amides is 1. The van der Waals surface area contributed by atoms with Crippen molar-refractivity contribution in [2.45, 2.75) is 53.0 Å². The Balaban J connectivity index is 2.64. The van der Waals surface area contributed by atoms with Crippen molar-refractivity contribution in [1.29, 1.82) is 0 Å². The van der Waals surface area contributed by atoms with E-state index in [4.69, 9.17) is 11.6 Å². The molecule has 5 heteroatoms. The van der Waals surface area contributed by atoms with E-state index in [1.807, 2.05) is 13.8 Å². The van der Waals surface area contributed by atoms with Crippen LogP contribution in [-0.2, 0) is 16.1 Å². The van der Waals surface area contributed by atoms with Crippen LogP contribution in [-0.4, -0.2) is 11.7 Å². The maximum atomic E-state index is 13.4. The zero-order valence-corrected chi connectivity index (χ0v) is 14.1. The maximum absolute atomic E-state index is 13.4. The SMILES string of the molecule is CCC(C)(CCCC(C)=O)C(=O)NCc1cccc(F)c1Cl. The zero-order valence-electron chi connectivity index (χ0n) is 13.3. The molecular weight excluding hydrogens is 305 g/mol. The lowest BCUT2D eigenvalue weighted by Gasteiger charge is -2.27. The Bertz CT molecular complexity index is 547. The molecule has 0 saturated heterocycles. The Hall–Kier alpha value is -1.42. The molecule has 122 valence electrons. The van der Waals surface area contributed by atoms with E-state index in [1.165, 1.54) is 6.07 Å². The standard InChI is InChI=1S/C17H23ClFNO2/c1-4-17(3,10-6-7-12(2)21)16(22)20-11-13-8-5-9-14(19)15(13)18/h5,8-9H,4,6-7,10-11H2,1-3H3,(H,20,22). The molecule has 1 aromatic carbocycles. The minimum atomic E-state index is -0.532. The minimum Gasteiger partial charge on any atom is -0.351 e. The summed E-state index contributed by atoms with van der Waals surface area (Å²) in [5.41, 5.74) is 0.0205. The van der Waals surface area contributed by atoms with E-state index in [9.17, 15) is 14.0 Å². The van der Waals surface area contributed by atoms with Crippen LogP contribution in [0.5, 0.6) is 0 Å². The first kappa shape index (κ1) is 18.6. The van der Waals surface area contributed by atoms with Crippen LogP contribution < -0.4 is 5.32 Å². The van der Waals surface area contributed by atoms with Crippen molar-refractivity contribution in [3.63, 3.8) is 0 Å². The first-order valence-electron chi connectivity index (χ1n) is 7.51. The van der Waals surface area contributed by atoms with Gasteiger partial charge in [-0.15, -0.1) is 0 Å². The van der Waals surface area contributed by atoms with Crippen LogP contribution in [0.2, 0.25) is 5.02 Å². The van der Waals surface area contributed by atoms with Gasteiger partial charge >= 0.3 is 0 Å². The van der Waals surface area contributed by atoms with Gasteiger partial charge in [-0.2, -0.15) is 0 Å². The lowest BCUT2D eigenvalue weighted by atomic mass is 9.81. The van der Waals surface area contributed by atoms with Gasteiger partial charge in [0.05, 0.1) is 5.02 Å². The summed E-state index contributed by atoms with van der Waals surface area (Å²) in [6.07, 6.45) is 2.49. The van der Waals surface area contributed by atoms with Crippen LogP contribution in [0.3, 0.4) is 0 Å². The smallest absolute Gasteiger partial charge is 0.226 e. The van der Waals surface area contributed by atoms with Gasteiger partial charge in [0.15, 0.2) is 0 Å². The van der Waals surface area contributed by atoms with Crippen LogP contribution in [0.1, 0.15) is 52.0 Å². The van der Waals surface area contributed by atoms with E-state index in [0.717, 1.165) is 0 Å². The molecule has 1 atom stereocenters. The van der Waals surface area contributed by atoms with Crippen LogP contribution in [0.15, 0.2) is 18.2 Å². The Morgan fingerprint density at radius 3 is 2.64 bits per heavy atom. The lowest BCUT2D eigenvalue weighted by molar-refractivity contribution is -0.131. The number of halogens is 2. The van der Waals surface area contributed by atoms with Gasteiger partial charge < -0.3 is 10.1 Å². The van der Waals surface area contributed by atoms with Crippen LogP contribution in [0, 0.1) is 11.2 Å². The van der Waals surface area contributed by atoms with Crippen molar-refractivity contribution >= 4 is 23.3 Å². The first-order chi connectivity index (χ1) is 10.3. The highest BCUT2D eigenvalue weighted by Crippen LogP contribution is 2.29. The number of hydrogen-bond donors (Lipinski definition) is 1. The van der Waals surface area contributed by atoms with Gasteiger partial charge in [0.1, 0.15) is 11.6 Å². The second-order valence-corrected chi connectivity index (χ2v) is 6.24. The van der Waals surface area contributed by atoms with Crippen molar-refractivity contribution in [2.24, 2.45) is 5.41 Å². The van der Waals surface area contributed by atoms with Crippen molar-refractivity contribution < 1.29 is 14.0 Å². The molecular formula is C17H23ClFNO2. The number of ketones is 1. The Morgan fingerprint density at radius 1 is 1.36 bits per heavy atom. The van der Waals surface area contributed by atoms with Crippen LogP contribution >= 0.6 is 11.6 Å². The summed E-state index contributed by atoms with van der Waals surface area (Å²) in [6, 6.07) is 4.53. The molecule has 0 radical (unpaired) electrons. The number of rotatable bonds is 8. The van der Waals surface area contributed by atoms with Crippen LogP contribution in [0.4, 0.5) is 4.39 Å². The van der Waals surface area contributed by atoms with Crippen molar-refractivity contribution in [2.75, 3.05) is 0 Å². The molecule has 1 amide bonds. The summed E-state index contributed by atoms with van der Waals surface area (Å²) in [5, 5.41) is 2.86. The number of carbonyl (C=O) groups excluding carboxylic acids is 2. The molecule has 0 saturated carbocycles. The Kier molecular flexibility index (Phi) is 7.01. The topological polar surface area (TPSA) is 46.2 Å². The van der Waals surface area contributed by atoms with Crippen molar-refractivity contribution in [1.82, 2.24) is 5.32 Å². The molecule has 0 aliphatic carbocycles. The summed E-state index contributed by atoms with van der Waals surface area (Å²) < 4.78 is 13.4. The molecule has 1 aromatic rings. The second-order valence-electron chi connectivity index (χ2n) is 5.87. The summed E-state index contributed by atoms with van der Waals surface area (Å²) in [4.78, 5) is 23.4. The fourth-order valence-corrected chi connectivity index (χ4v) is 2.45. The quantitative estimate of drug-likeness (QED) is 0.775. The molecule has 1 rings (SSSR count). The van der Waals surface area contributed by atoms with E-state index in [-0.39, 0.29) is 23.3 Å². The van der Waals surface area contributed by atoms with E-state index in [1.54, 1.807) is 19.1 Å². The molecule has 0 fully saturated rings. The molecule has 3 nitrogen and oxygen atoms in total. The highest BCUT2D eigenvalue weighted by Gasteiger charge is 2.30. The summed E-state index contributed by atoms with van der Waals surface area (Å²) in [7, 11) is 0. The van der Waals surface area contributed by atoms with Crippen molar-refractivity contribution in [3.8, 4) is 0 Å². The van der Waals surface area contributed by atoms with Crippen LogP contribution in [0.25, 0.3) is 0 Å². The number of benzene rings is 1. The molecule has 0 spiro atoms. The normalized spacial score (nSPS) is 13.5. The maximum Gasteiger partial charge on any atom is 0.226 e. The van der Waals surface area contributed by atoms with E-state index in [2.05, 4.69) is 5.32 Å². The molecule has 1 N–H and O–H groups in total. The highest BCUT2D eigenvalue weighted by molar-refractivity contribution is 6.31. The third-order valence-corrected chi connectivity index (χ3v) is 4.48. The average Bonchev–Trinajstić information content (AvgIpc) is 2.47. The third-order valence-electron chi connectivity index (χ3n) is 4.06. The summed E-state index contributed by atoms with van der Waals surface area (Å²) in [5.74, 6) is -0.461.